The molecule has 4 heteroatoms. The molecule has 1 aromatic carbocycles. The summed E-state index contributed by atoms with van der Waals surface area (Å²) in [6.07, 6.45) is 9.26. The van der Waals surface area contributed by atoms with Gasteiger partial charge < -0.3 is 10.1 Å². The summed E-state index contributed by atoms with van der Waals surface area (Å²) in [5.41, 5.74) is 0.634. The molecule has 0 aliphatic heterocycles. The minimum atomic E-state index is -0.0142. The Morgan fingerprint density at radius 3 is 2.68 bits per heavy atom. The minimum Gasteiger partial charge on any atom is -0.493 e. The lowest BCUT2D eigenvalue weighted by Crippen LogP contribution is -2.34. The van der Waals surface area contributed by atoms with Crippen molar-refractivity contribution in [3.8, 4) is 5.75 Å². The first-order valence-electron chi connectivity index (χ1n) is 8.44. The van der Waals surface area contributed by atoms with Gasteiger partial charge in [-0.1, -0.05) is 55.0 Å². The molecule has 0 unspecified atom stereocenters. The number of hydrogen-bond acceptors (Lipinski definition) is 2. The molecule has 0 aromatic heterocycles. The fourth-order valence-electron chi connectivity index (χ4n) is 2.82. The molecule has 22 heavy (non-hydrogen) atoms. The van der Waals surface area contributed by atoms with E-state index in [9.17, 15) is 4.79 Å². The normalized spacial score (nSPS) is 16.1. The Hall–Kier alpha value is -1.03. The first kappa shape index (κ1) is 17.3. The summed E-state index contributed by atoms with van der Waals surface area (Å²) in [5.74, 6) is 0.669. The third kappa shape index (κ3) is 5.31. The molecule has 1 aromatic rings. The fourth-order valence-corrected chi connectivity index (χ4v) is 3.18. The molecule has 1 fully saturated rings. The maximum absolute atomic E-state index is 12.6. The van der Waals surface area contributed by atoms with Crippen molar-refractivity contribution in [2.75, 3.05) is 6.61 Å². The molecule has 1 saturated carbocycles. The van der Waals surface area contributed by atoms with Crippen molar-refractivity contribution < 1.29 is 9.53 Å². The quantitative estimate of drug-likeness (QED) is 0.562. The number of hydrogen-bond donors (Lipinski definition) is 1. The van der Waals surface area contributed by atoms with Crippen molar-refractivity contribution in [1.82, 2.24) is 5.32 Å². The van der Waals surface area contributed by atoms with Crippen LogP contribution in [0.4, 0.5) is 0 Å². The molecule has 0 heterocycles. The highest BCUT2D eigenvalue weighted by atomic mass is 79.9. The van der Waals surface area contributed by atoms with E-state index < -0.39 is 0 Å². The Bertz CT molecular complexity index is 482. The van der Waals surface area contributed by atoms with Gasteiger partial charge in [0.2, 0.25) is 0 Å². The number of carbonyl (C=O) groups is 1. The van der Waals surface area contributed by atoms with Crippen LogP contribution in [0.2, 0.25) is 0 Å². The van der Waals surface area contributed by atoms with Gasteiger partial charge >= 0.3 is 0 Å². The van der Waals surface area contributed by atoms with E-state index in [1.807, 2.05) is 18.2 Å². The van der Waals surface area contributed by atoms with Crippen molar-refractivity contribution in [2.45, 2.75) is 64.3 Å². The van der Waals surface area contributed by atoms with Crippen molar-refractivity contribution >= 4 is 21.8 Å². The molecule has 0 bridgehead atoms. The molecule has 1 aliphatic carbocycles. The van der Waals surface area contributed by atoms with E-state index in [1.165, 1.54) is 25.7 Å². The van der Waals surface area contributed by atoms with Crippen LogP contribution >= 0.6 is 15.9 Å². The van der Waals surface area contributed by atoms with Gasteiger partial charge in [-0.15, -0.1) is 0 Å². The Kier molecular flexibility index (Phi) is 7.23. The predicted octanol–water partition coefficient (Wildman–Crippen LogP) is 5.08. The summed E-state index contributed by atoms with van der Waals surface area (Å²) < 4.78 is 6.69. The zero-order chi connectivity index (χ0) is 15.8. The van der Waals surface area contributed by atoms with Crippen molar-refractivity contribution in [3.63, 3.8) is 0 Å². The second-order valence-electron chi connectivity index (χ2n) is 6.00. The second-order valence-corrected chi connectivity index (χ2v) is 6.92. The third-order valence-electron chi connectivity index (χ3n) is 4.13. The average Bonchev–Trinajstić information content (AvgIpc) is 2.77. The maximum Gasteiger partial charge on any atom is 0.255 e. The van der Waals surface area contributed by atoms with Gasteiger partial charge in [-0.3, -0.25) is 4.79 Å². The van der Waals surface area contributed by atoms with Gasteiger partial charge in [0.1, 0.15) is 5.75 Å². The van der Waals surface area contributed by atoms with Crippen LogP contribution < -0.4 is 10.1 Å². The number of halogens is 1. The van der Waals surface area contributed by atoms with E-state index in [-0.39, 0.29) is 5.91 Å². The molecule has 0 saturated heterocycles. The zero-order valence-corrected chi connectivity index (χ0v) is 15.0. The largest absolute Gasteiger partial charge is 0.493 e. The molecular formula is C18H26BrNO2. The summed E-state index contributed by atoms with van der Waals surface area (Å²) in [5, 5.41) is 3.19. The summed E-state index contributed by atoms with van der Waals surface area (Å²) in [4.78, 5) is 12.6. The molecule has 1 N–H and O–H groups in total. The van der Waals surface area contributed by atoms with Gasteiger partial charge in [-0.2, -0.15) is 0 Å². The van der Waals surface area contributed by atoms with Crippen LogP contribution in [0.1, 0.15) is 68.6 Å². The van der Waals surface area contributed by atoms with Gasteiger partial charge in [0.05, 0.1) is 12.2 Å². The van der Waals surface area contributed by atoms with Crippen LogP contribution in [0.5, 0.6) is 5.75 Å². The molecule has 122 valence electrons. The Morgan fingerprint density at radius 2 is 2.00 bits per heavy atom. The predicted molar refractivity (Wildman–Crippen MR) is 93.5 cm³/mol. The van der Waals surface area contributed by atoms with E-state index in [1.54, 1.807) is 0 Å². The summed E-state index contributed by atoms with van der Waals surface area (Å²) >= 11 is 3.45. The van der Waals surface area contributed by atoms with E-state index in [0.717, 1.165) is 30.2 Å². The van der Waals surface area contributed by atoms with Gasteiger partial charge in [-0.05, 0) is 37.5 Å². The number of ether oxygens (including phenoxy) is 1. The van der Waals surface area contributed by atoms with E-state index in [4.69, 9.17) is 4.74 Å². The summed E-state index contributed by atoms with van der Waals surface area (Å²) in [6.45, 7) is 2.78. The van der Waals surface area contributed by atoms with Crippen LogP contribution in [0, 0.1) is 0 Å². The number of carbonyl (C=O) groups excluding carboxylic acids is 1. The van der Waals surface area contributed by atoms with Crippen LogP contribution in [0.25, 0.3) is 0 Å². The molecule has 0 radical (unpaired) electrons. The second kappa shape index (κ2) is 9.19. The molecular weight excluding hydrogens is 342 g/mol. The highest BCUT2D eigenvalue weighted by molar-refractivity contribution is 9.10. The van der Waals surface area contributed by atoms with Gasteiger partial charge in [0, 0.05) is 10.5 Å². The molecule has 2 rings (SSSR count). The topological polar surface area (TPSA) is 38.3 Å². The van der Waals surface area contributed by atoms with Crippen molar-refractivity contribution in [2.24, 2.45) is 0 Å². The first-order valence-corrected chi connectivity index (χ1v) is 9.23. The minimum absolute atomic E-state index is 0.0142. The molecule has 0 spiro atoms. The smallest absolute Gasteiger partial charge is 0.255 e. The molecule has 1 aliphatic rings. The monoisotopic (exact) mass is 367 g/mol. The number of benzene rings is 1. The summed E-state index contributed by atoms with van der Waals surface area (Å²) in [6, 6.07) is 5.95. The van der Waals surface area contributed by atoms with Crippen LogP contribution in [0.15, 0.2) is 22.7 Å². The fraction of sp³-hybridized carbons (Fsp3) is 0.611. The first-order chi connectivity index (χ1) is 10.7. The Balaban J connectivity index is 2.04. The standard InChI is InChI=1S/C18H26BrNO2/c1-2-3-12-22-17-11-10-14(19)13-16(17)18(21)20-15-8-6-4-5-7-9-15/h10-11,13,15H,2-9,12H2,1H3,(H,20,21). The number of amides is 1. The summed E-state index contributed by atoms with van der Waals surface area (Å²) in [7, 11) is 0. The molecule has 3 nitrogen and oxygen atoms in total. The average molecular weight is 368 g/mol. The van der Waals surface area contributed by atoms with Crippen LogP contribution in [-0.2, 0) is 0 Å². The van der Waals surface area contributed by atoms with E-state index in [0.29, 0.717) is 24.0 Å². The SMILES string of the molecule is CCCCOc1ccc(Br)cc1C(=O)NC1CCCCCC1. The zero-order valence-electron chi connectivity index (χ0n) is 13.4. The Morgan fingerprint density at radius 1 is 1.27 bits per heavy atom. The number of rotatable bonds is 6. The maximum atomic E-state index is 12.6. The molecule has 0 atom stereocenters. The highest BCUT2D eigenvalue weighted by Gasteiger charge is 2.18. The van der Waals surface area contributed by atoms with Crippen molar-refractivity contribution in [3.05, 3.63) is 28.2 Å². The van der Waals surface area contributed by atoms with Gasteiger partial charge in [0.25, 0.3) is 5.91 Å². The third-order valence-corrected chi connectivity index (χ3v) is 4.63. The number of unbranched alkanes of at least 4 members (excludes halogenated alkanes) is 1. The van der Waals surface area contributed by atoms with Gasteiger partial charge in [-0.25, -0.2) is 0 Å². The lowest BCUT2D eigenvalue weighted by atomic mass is 10.1. The Labute approximate surface area is 141 Å². The lowest BCUT2D eigenvalue weighted by molar-refractivity contribution is 0.0929. The van der Waals surface area contributed by atoms with Crippen molar-refractivity contribution in [1.29, 1.82) is 0 Å². The van der Waals surface area contributed by atoms with Crippen LogP contribution in [-0.4, -0.2) is 18.6 Å². The lowest BCUT2D eigenvalue weighted by Gasteiger charge is -2.18. The molecule has 1 amide bonds. The van der Waals surface area contributed by atoms with Gasteiger partial charge in [0.15, 0.2) is 0 Å². The van der Waals surface area contributed by atoms with E-state index in [2.05, 4.69) is 28.2 Å². The van der Waals surface area contributed by atoms with Crippen LogP contribution in [0.3, 0.4) is 0 Å². The highest BCUT2D eigenvalue weighted by Crippen LogP contribution is 2.25. The van der Waals surface area contributed by atoms with E-state index >= 15 is 0 Å². The number of nitrogens with one attached hydrogen (secondary N) is 1.